The van der Waals surface area contributed by atoms with E-state index in [-0.39, 0.29) is 5.76 Å². The lowest BCUT2D eigenvalue weighted by Gasteiger charge is -2.19. The molecule has 1 aromatic carbocycles. The molecule has 0 saturated carbocycles. The molecule has 126 valence electrons. The number of rotatable bonds is 4. The van der Waals surface area contributed by atoms with Gasteiger partial charge in [0.15, 0.2) is 0 Å². The first kappa shape index (κ1) is 18.5. The van der Waals surface area contributed by atoms with Gasteiger partial charge in [-0.15, -0.1) is 0 Å². The van der Waals surface area contributed by atoms with E-state index in [2.05, 4.69) is 14.9 Å². The molecule has 0 unspecified atom stereocenters. The number of benzene rings is 1. The van der Waals surface area contributed by atoms with Crippen molar-refractivity contribution in [1.29, 1.82) is 0 Å². The van der Waals surface area contributed by atoms with E-state index in [9.17, 15) is 9.59 Å². The molecule has 23 heavy (non-hydrogen) atoms. The third-order valence-corrected chi connectivity index (χ3v) is 2.79. The van der Waals surface area contributed by atoms with Gasteiger partial charge in [0, 0.05) is 11.3 Å². The minimum Gasteiger partial charge on any atom is -0.463 e. The van der Waals surface area contributed by atoms with Crippen LogP contribution in [0.1, 0.15) is 33.3 Å². The Bertz CT molecular complexity index is 600. The third-order valence-electron chi connectivity index (χ3n) is 2.79. The van der Waals surface area contributed by atoms with Crippen molar-refractivity contribution in [2.24, 2.45) is 5.90 Å². The molecule has 0 spiro atoms. The summed E-state index contributed by atoms with van der Waals surface area (Å²) in [4.78, 5) is 27.8. The van der Waals surface area contributed by atoms with E-state index >= 15 is 0 Å². The molecule has 0 bridgehead atoms. The molecule has 0 atom stereocenters. The van der Waals surface area contributed by atoms with Crippen molar-refractivity contribution in [3.8, 4) is 0 Å². The molecule has 0 aliphatic rings. The lowest BCUT2D eigenvalue weighted by atomic mass is 10.1. The SMILES string of the molecule is COC(=O)C(ON)=C(C)c1ccc(NC(=O)OC(C)(C)C)cc1. The van der Waals surface area contributed by atoms with Gasteiger partial charge in [0.05, 0.1) is 7.11 Å². The molecule has 0 fully saturated rings. The highest BCUT2D eigenvalue weighted by Gasteiger charge is 2.17. The Balaban J connectivity index is 2.90. The topological polar surface area (TPSA) is 99.9 Å². The molecule has 7 nitrogen and oxygen atoms in total. The van der Waals surface area contributed by atoms with Crippen LogP contribution in [0.15, 0.2) is 30.0 Å². The molecule has 0 aliphatic carbocycles. The Hall–Kier alpha value is -2.54. The van der Waals surface area contributed by atoms with Crippen LogP contribution in [-0.4, -0.2) is 24.8 Å². The number of methoxy groups -OCH3 is 1. The van der Waals surface area contributed by atoms with Gasteiger partial charge in [-0.05, 0) is 45.4 Å². The van der Waals surface area contributed by atoms with Crippen molar-refractivity contribution in [2.75, 3.05) is 12.4 Å². The van der Waals surface area contributed by atoms with E-state index in [0.29, 0.717) is 16.8 Å². The fourth-order valence-corrected chi connectivity index (χ4v) is 1.74. The third kappa shape index (κ3) is 5.63. The van der Waals surface area contributed by atoms with E-state index in [1.54, 1.807) is 52.0 Å². The number of nitrogens with two attached hydrogens (primary N) is 1. The Morgan fingerprint density at radius 1 is 1.13 bits per heavy atom. The van der Waals surface area contributed by atoms with Crippen molar-refractivity contribution in [2.45, 2.75) is 33.3 Å². The van der Waals surface area contributed by atoms with Crippen LogP contribution in [0.5, 0.6) is 0 Å². The average Bonchev–Trinajstić information content (AvgIpc) is 2.46. The first-order valence-corrected chi connectivity index (χ1v) is 6.94. The second kappa shape index (κ2) is 7.64. The molecule has 1 aromatic rings. The second-order valence-electron chi connectivity index (χ2n) is 5.77. The molecule has 0 radical (unpaired) electrons. The normalized spacial score (nSPS) is 12.1. The van der Waals surface area contributed by atoms with Gasteiger partial charge >= 0.3 is 12.1 Å². The minimum atomic E-state index is -0.666. The Morgan fingerprint density at radius 3 is 2.13 bits per heavy atom. The van der Waals surface area contributed by atoms with Gasteiger partial charge in [-0.25, -0.2) is 9.59 Å². The van der Waals surface area contributed by atoms with E-state index in [4.69, 9.17) is 10.6 Å². The van der Waals surface area contributed by atoms with Crippen LogP contribution in [-0.2, 0) is 19.1 Å². The number of carbonyl (C=O) groups excluding carboxylic acids is 2. The lowest BCUT2D eigenvalue weighted by molar-refractivity contribution is -0.140. The van der Waals surface area contributed by atoms with Gasteiger partial charge in [0.25, 0.3) is 0 Å². The summed E-state index contributed by atoms with van der Waals surface area (Å²) in [5, 5.41) is 2.62. The monoisotopic (exact) mass is 322 g/mol. The maximum absolute atomic E-state index is 11.7. The second-order valence-corrected chi connectivity index (χ2v) is 5.77. The number of carbonyl (C=O) groups is 2. The van der Waals surface area contributed by atoms with Gasteiger partial charge in [-0.1, -0.05) is 12.1 Å². The summed E-state index contributed by atoms with van der Waals surface area (Å²) in [6.07, 6.45) is -0.543. The molecule has 1 rings (SSSR count). The smallest absolute Gasteiger partial charge is 0.412 e. The van der Waals surface area contributed by atoms with Gasteiger partial charge < -0.3 is 14.3 Å². The average molecular weight is 322 g/mol. The number of nitrogens with one attached hydrogen (secondary N) is 1. The number of hydrogen-bond donors (Lipinski definition) is 2. The highest BCUT2D eigenvalue weighted by molar-refractivity contribution is 5.95. The standard InChI is InChI=1S/C16H22N2O5/c1-10(13(23-17)14(19)21-5)11-6-8-12(9-7-11)18-15(20)22-16(2,3)4/h6-9H,17H2,1-5H3,(H,18,20). The number of hydrogen-bond acceptors (Lipinski definition) is 6. The number of ether oxygens (including phenoxy) is 2. The van der Waals surface area contributed by atoms with Crippen LogP contribution in [0.25, 0.3) is 5.57 Å². The molecular weight excluding hydrogens is 300 g/mol. The zero-order valence-corrected chi connectivity index (χ0v) is 13.9. The maximum atomic E-state index is 11.7. The largest absolute Gasteiger partial charge is 0.463 e. The van der Waals surface area contributed by atoms with E-state index < -0.39 is 17.7 Å². The molecule has 3 N–H and O–H groups in total. The molecular formula is C16H22N2O5. The minimum absolute atomic E-state index is 0.0830. The predicted molar refractivity (Wildman–Crippen MR) is 86.2 cm³/mol. The number of amides is 1. The van der Waals surface area contributed by atoms with Gasteiger partial charge in [-0.3, -0.25) is 5.32 Å². The van der Waals surface area contributed by atoms with Crippen molar-refractivity contribution in [3.05, 3.63) is 35.6 Å². The molecule has 0 aromatic heterocycles. The molecule has 0 aliphatic heterocycles. The van der Waals surface area contributed by atoms with Crippen molar-refractivity contribution < 1.29 is 23.9 Å². The van der Waals surface area contributed by atoms with E-state index in [1.165, 1.54) is 7.11 Å². The van der Waals surface area contributed by atoms with E-state index in [1.807, 2.05) is 0 Å². The summed E-state index contributed by atoms with van der Waals surface area (Å²) >= 11 is 0. The Kier molecular flexibility index (Phi) is 6.15. The van der Waals surface area contributed by atoms with Gasteiger partial charge in [0.2, 0.25) is 5.76 Å². The van der Waals surface area contributed by atoms with E-state index in [0.717, 1.165) is 0 Å². The first-order chi connectivity index (χ1) is 10.7. The van der Waals surface area contributed by atoms with Crippen LogP contribution in [0.2, 0.25) is 0 Å². The van der Waals surface area contributed by atoms with Crippen LogP contribution < -0.4 is 11.2 Å². The van der Waals surface area contributed by atoms with Crippen molar-refractivity contribution >= 4 is 23.3 Å². The van der Waals surface area contributed by atoms with Gasteiger partial charge in [-0.2, -0.15) is 5.90 Å². The van der Waals surface area contributed by atoms with Crippen LogP contribution in [0.4, 0.5) is 10.5 Å². The fourth-order valence-electron chi connectivity index (χ4n) is 1.74. The zero-order chi connectivity index (χ0) is 17.6. The molecule has 1 amide bonds. The lowest BCUT2D eigenvalue weighted by Crippen LogP contribution is -2.27. The van der Waals surface area contributed by atoms with Crippen LogP contribution in [0.3, 0.4) is 0 Å². The quantitative estimate of drug-likeness (QED) is 0.383. The summed E-state index contributed by atoms with van der Waals surface area (Å²) in [5.74, 6) is 4.36. The Morgan fingerprint density at radius 2 is 1.70 bits per heavy atom. The highest BCUT2D eigenvalue weighted by atomic mass is 16.6. The zero-order valence-electron chi connectivity index (χ0n) is 13.9. The number of esters is 1. The maximum Gasteiger partial charge on any atom is 0.412 e. The molecule has 0 saturated heterocycles. The summed E-state index contributed by atoms with van der Waals surface area (Å²) in [6, 6.07) is 6.77. The first-order valence-electron chi connectivity index (χ1n) is 6.94. The summed E-state index contributed by atoms with van der Waals surface area (Å²) < 4.78 is 9.76. The highest BCUT2D eigenvalue weighted by Crippen LogP contribution is 2.21. The number of anilines is 1. The van der Waals surface area contributed by atoms with Gasteiger partial charge in [0.1, 0.15) is 5.60 Å². The fraction of sp³-hybridized carbons (Fsp3) is 0.375. The van der Waals surface area contributed by atoms with Crippen LogP contribution >= 0.6 is 0 Å². The number of allylic oxidation sites excluding steroid dienone is 1. The van der Waals surface area contributed by atoms with Crippen LogP contribution in [0, 0.1) is 0 Å². The molecule has 7 heteroatoms. The van der Waals surface area contributed by atoms with Crippen molar-refractivity contribution in [3.63, 3.8) is 0 Å². The molecule has 0 heterocycles. The Labute approximate surface area is 135 Å². The summed E-state index contributed by atoms with van der Waals surface area (Å²) in [7, 11) is 1.24. The summed E-state index contributed by atoms with van der Waals surface area (Å²) in [5.41, 5.74) is 1.20. The van der Waals surface area contributed by atoms with Crippen molar-refractivity contribution in [1.82, 2.24) is 0 Å². The summed E-state index contributed by atoms with van der Waals surface area (Å²) in [6.45, 7) is 7.02. The predicted octanol–water partition coefficient (Wildman–Crippen LogP) is 2.83.